The van der Waals surface area contributed by atoms with E-state index in [9.17, 15) is 5.11 Å². The molecule has 0 aromatic heterocycles. The smallest absolute Gasteiger partial charge is 0.134 e. The summed E-state index contributed by atoms with van der Waals surface area (Å²) >= 11 is 5.90. The number of aromatic hydroxyl groups is 1. The quantitative estimate of drug-likeness (QED) is 0.855. The van der Waals surface area contributed by atoms with Crippen LogP contribution in [0.1, 0.15) is 32.3 Å². The van der Waals surface area contributed by atoms with Gasteiger partial charge in [0.1, 0.15) is 5.75 Å². The van der Waals surface area contributed by atoms with Gasteiger partial charge in [0.15, 0.2) is 0 Å². The van der Waals surface area contributed by atoms with Crippen LogP contribution in [0.5, 0.6) is 5.75 Å². The zero-order valence-electron chi connectivity index (χ0n) is 9.83. The molecule has 1 aliphatic rings. The van der Waals surface area contributed by atoms with Gasteiger partial charge < -0.3 is 5.11 Å². The molecule has 0 radical (unpaired) electrons. The normalized spacial score (nSPS) is 20.2. The van der Waals surface area contributed by atoms with Crippen LogP contribution in [-0.2, 0) is 6.54 Å². The van der Waals surface area contributed by atoms with Gasteiger partial charge in [-0.2, -0.15) is 0 Å². The van der Waals surface area contributed by atoms with Gasteiger partial charge >= 0.3 is 0 Å². The Balaban J connectivity index is 2.12. The summed E-state index contributed by atoms with van der Waals surface area (Å²) in [6.45, 7) is 6.61. The minimum atomic E-state index is 0.158. The van der Waals surface area contributed by atoms with E-state index in [1.807, 2.05) is 12.1 Å². The number of phenols is 1. The number of hydrogen-bond acceptors (Lipinski definition) is 2. The molecule has 88 valence electrons. The van der Waals surface area contributed by atoms with Crippen molar-refractivity contribution in [2.24, 2.45) is 0 Å². The third-order valence-corrected chi connectivity index (χ3v) is 3.76. The Hall–Kier alpha value is -0.730. The van der Waals surface area contributed by atoms with Gasteiger partial charge in [-0.15, -0.1) is 0 Å². The minimum absolute atomic E-state index is 0.158. The van der Waals surface area contributed by atoms with Crippen molar-refractivity contribution >= 4 is 11.6 Å². The minimum Gasteiger partial charge on any atom is -0.506 e. The molecule has 1 N–H and O–H groups in total. The molecule has 0 aliphatic carbocycles. The highest BCUT2D eigenvalue weighted by Gasteiger charge is 2.31. The van der Waals surface area contributed by atoms with Crippen molar-refractivity contribution in [3.8, 4) is 5.75 Å². The highest BCUT2D eigenvalue weighted by atomic mass is 35.5. The molecular formula is C13H18ClNO. The van der Waals surface area contributed by atoms with Gasteiger partial charge in [0.25, 0.3) is 0 Å². The molecule has 1 aromatic rings. The lowest BCUT2D eigenvalue weighted by Crippen LogP contribution is -2.37. The number of rotatable bonds is 2. The van der Waals surface area contributed by atoms with Crippen LogP contribution < -0.4 is 0 Å². The summed E-state index contributed by atoms with van der Waals surface area (Å²) in [4.78, 5) is 2.47. The van der Waals surface area contributed by atoms with Crippen molar-refractivity contribution in [2.45, 2.75) is 38.8 Å². The van der Waals surface area contributed by atoms with E-state index < -0.39 is 0 Å². The van der Waals surface area contributed by atoms with Gasteiger partial charge in [-0.3, -0.25) is 4.90 Å². The maximum absolute atomic E-state index is 9.36. The Labute approximate surface area is 102 Å². The van der Waals surface area contributed by atoms with Gasteiger partial charge in [-0.05, 0) is 50.9 Å². The van der Waals surface area contributed by atoms with E-state index in [1.165, 1.54) is 12.8 Å². The first-order chi connectivity index (χ1) is 7.49. The van der Waals surface area contributed by atoms with Crippen LogP contribution in [0, 0.1) is 0 Å². The van der Waals surface area contributed by atoms with E-state index in [0.29, 0.717) is 5.02 Å². The molecule has 2 nitrogen and oxygen atoms in total. The van der Waals surface area contributed by atoms with Gasteiger partial charge in [-0.1, -0.05) is 17.7 Å². The standard InChI is InChI=1S/C13H18ClNO/c1-13(2)6-3-7-15(13)9-10-4-5-12(16)11(14)8-10/h4-5,8,16H,3,6-7,9H2,1-2H3. The highest BCUT2D eigenvalue weighted by molar-refractivity contribution is 6.32. The van der Waals surface area contributed by atoms with Crippen LogP contribution >= 0.6 is 11.6 Å². The lowest BCUT2D eigenvalue weighted by Gasteiger charge is -2.31. The molecule has 1 aliphatic heterocycles. The molecule has 1 aromatic carbocycles. The Bertz CT molecular complexity index is 390. The van der Waals surface area contributed by atoms with Crippen LogP contribution in [0.3, 0.4) is 0 Å². The molecular weight excluding hydrogens is 222 g/mol. The van der Waals surface area contributed by atoms with E-state index in [2.05, 4.69) is 18.7 Å². The largest absolute Gasteiger partial charge is 0.506 e. The van der Waals surface area contributed by atoms with Gasteiger partial charge in [0, 0.05) is 12.1 Å². The summed E-state index contributed by atoms with van der Waals surface area (Å²) in [5.74, 6) is 0.158. The SMILES string of the molecule is CC1(C)CCCN1Cc1ccc(O)c(Cl)c1. The topological polar surface area (TPSA) is 23.5 Å². The second kappa shape index (κ2) is 4.27. The summed E-state index contributed by atoms with van der Waals surface area (Å²) < 4.78 is 0. The number of hydrogen-bond donors (Lipinski definition) is 1. The summed E-state index contributed by atoms with van der Waals surface area (Å²) in [5.41, 5.74) is 1.45. The van der Waals surface area contributed by atoms with Crippen molar-refractivity contribution in [3.05, 3.63) is 28.8 Å². The molecule has 0 atom stereocenters. The van der Waals surface area contributed by atoms with Crippen LogP contribution in [0.4, 0.5) is 0 Å². The van der Waals surface area contributed by atoms with Crippen molar-refractivity contribution in [1.82, 2.24) is 4.90 Å². The van der Waals surface area contributed by atoms with Crippen LogP contribution in [-0.4, -0.2) is 22.1 Å². The molecule has 0 unspecified atom stereocenters. The first-order valence-electron chi connectivity index (χ1n) is 5.71. The second-order valence-electron chi connectivity index (χ2n) is 5.12. The zero-order chi connectivity index (χ0) is 11.8. The zero-order valence-corrected chi connectivity index (χ0v) is 10.6. The molecule has 3 heteroatoms. The maximum atomic E-state index is 9.36. The van der Waals surface area contributed by atoms with E-state index >= 15 is 0 Å². The van der Waals surface area contributed by atoms with Crippen molar-refractivity contribution in [1.29, 1.82) is 0 Å². The average Bonchev–Trinajstić information content (AvgIpc) is 2.52. The fraction of sp³-hybridized carbons (Fsp3) is 0.538. The lowest BCUT2D eigenvalue weighted by molar-refractivity contribution is 0.166. The van der Waals surface area contributed by atoms with E-state index in [1.54, 1.807) is 6.07 Å². The summed E-state index contributed by atoms with van der Waals surface area (Å²) in [6.07, 6.45) is 2.51. The molecule has 2 rings (SSSR count). The number of nitrogens with zero attached hydrogens (tertiary/aromatic N) is 1. The van der Waals surface area contributed by atoms with E-state index in [4.69, 9.17) is 11.6 Å². The molecule has 0 saturated carbocycles. The Morgan fingerprint density at radius 2 is 2.19 bits per heavy atom. The summed E-state index contributed by atoms with van der Waals surface area (Å²) in [5, 5.41) is 9.80. The molecule has 0 spiro atoms. The third-order valence-electron chi connectivity index (χ3n) is 3.46. The fourth-order valence-electron chi connectivity index (χ4n) is 2.33. The molecule has 0 amide bonds. The molecule has 1 fully saturated rings. The highest BCUT2D eigenvalue weighted by Crippen LogP contribution is 2.31. The third kappa shape index (κ3) is 2.33. The molecule has 1 heterocycles. The number of benzene rings is 1. The molecule has 1 saturated heterocycles. The summed E-state index contributed by atoms with van der Waals surface area (Å²) in [7, 11) is 0. The van der Waals surface area contributed by atoms with Crippen molar-refractivity contribution < 1.29 is 5.11 Å². The van der Waals surface area contributed by atoms with E-state index in [0.717, 1.165) is 18.7 Å². The lowest BCUT2D eigenvalue weighted by atomic mass is 10.0. The predicted molar refractivity (Wildman–Crippen MR) is 66.8 cm³/mol. The fourth-order valence-corrected chi connectivity index (χ4v) is 2.53. The van der Waals surface area contributed by atoms with Crippen LogP contribution in [0.2, 0.25) is 5.02 Å². The van der Waals surface area contributed by atoms with Gasteiger partial charge in [0.05, 0.1) is 5.02 Å². The van der Waals surface area contributed by atoms with Crippen LogP contribution in [0.25, 0.3) is 0 Å². The number of halogens is 1. The van der Waals surface area contributed by atoms with Gasteiger partial charge in [-0.25, -0.2) is 0 Å². The second-order valence-corrected chi connectivity index (χ2v) is 5.53. The van der Waals surface area contributed by atoms with Crippen molar-refractivity contribution in [3.63, 3.8) is 0 Å². The van der Waals surface area contributed by atoms with Crippen molar-refractivity contribution in [2.75, 3.05) is 6.54 Å². The maximum Gasteiger partial charge on any atom is 0.134 e. The number of phenolic OH excluding ortho intramolecular Hbond substituents is 1. The number of likely N-dealkylation sites (tertiary alicyclic amines) is 1. The van der Waals surface area contributed by atoms with E-state index in [-0.39, 0.29) is 11.3 Å². The van der Waals surface area contributed by atoms with Crippen LogP contribution in [0.15, 0.2) is 18.2 Å². The Morgan fingerprint density at radius 3 is 2.75 bits per heavy atom. The molecule has 16 heavy (non-hydrogen) atoms. The first kappa shape index (κ1) is 11.7. The molecule has 0 bridgehead atoms. The summed E-state index contributed by atoms with van der Waals surface area (Å²) in [6, 6.07) is 5.46. The monoisotopic (exact) mass is 239 g/mol. The first-order valence-corrected chi connectivity index (χ1v) is 6.09. The Kier molecular flexibility index (Phi) is 3.13. The predicted octanol–water partition coefficient (Wildman–Crippen LogP) is 3.42. The Morgan fingerprint density at radius 1 is 1.44 bits per heavy atom. The average molecular weight is 240 g/mol. The van der Waals surface area contributed by atoms with Gasteiger partial charge in [0.2, 0.25) is 0 Å².